The van der Waals surface area contributed by atoms with Gasteiger partial charge in [0.1, 0.15) is 5.49 Å². The van der Waals surface area contributed by atoms with Gasteiger partial charge in [0, 0.05) is 28.2 Å². The molecule has 162 valence electrons. The van der Waals surface area contributed by atoms with Gasteiger partial charge < -0.3 is 9.55 Å². The summed E-state index contributed by atoms with van der Waals surface area (Å²) in [4.78, 5) is 8.13. The highest BCUT2D eigenvalue weighted by Gasteiger charge is 2.11. The van der Waals surface area contributed by atoms with Crippen LogP contribution in [-0.2, 0) is 0 Å². The van der Waals surface area contributed by atoms with Gasteiger partial charge in [0.05, 0.1) is 16.7 Å². The van der Waals surface area contributed by atoms with Crippen LogP contribution in [0, 0.1) is 0 Å². The van der Waals surface area contributed by atoms with E-state index in [9.17, 15) is 0 Å². The zero-order chi connectivity index (χ0) is 22.7. The van der Waals surface area contributed by atoms with E-state index in [0.29, 0.717) is 0 Å². The molecule has 6 rings (SSSR count). The Balaban J connectivity index is 1.54. The van der Waals surface area contributed by atoms with Crippen molar-refractivity contribution in [3.8, 4) is 5.69 Å². The molecule has 2 heterocycles. The van der Waals surface area contributed by atoms with Gasteiger partial charge in [-0.15, -0.1) is 0 Å². The average molecular weight is 438 g/mol. The molecule has 4 aromatic carbocycles. The zero-order valence-corrected chi connectivity index (χ0v) is 18.6. The first-order chi connectivity index (χ1) is 16.9. The van der Waals surface area contributed by atoms with Crippen molar-refractivity contribution in [1.82, 2.24) is 9.55 Å². The standard InChI is InChI=1S/C31H23N3/c1-2-12-24(13-3-1)28(33-31-19-8-9-20-32-31)22-23-11-10-14-25(21-23)34-29-17-6-4-15-26(29)27-16-5-7-18-30(27)34/h1-22H,(H,32,33)/b28-22+. The average Bonchev–Trinajstić information content (AvgIpc) is 3.24. The number of para-hydroxylation sites is 2. The van der Waals surface area contributed by atoms with Crippen LogP contribution >= 0.6 is 0 Å². The van der Waals surface area contributed by atoms with Crippen molar-refractivity contribution in [1.29, 1.82) is 0 Å². The summed E-state index contributed by atoms with van der Waals surface area (Å²) in [6, 6.07) is 42.0. The molecule has 3 heteroatoms. The Labute approximate surface area is 198 Å². The topological polar surface area (TPSA) is 33.1 Å². The number of rotatable bonds is 4. The molecule has 2 aromatic heterocycles. The fraction of sp³-hybridized carbons (Fsp3) is 0. The molecule has 0 aliphatic rings. The van der Waals surface area contributed by atoms with E-state index in [0.717, 1.165) is 28.0 Å². The highest BCUT2D eigenvalue weighted by Crippen LogP contribution is 2.32. The van der Waals surface area contributed by atoms with Gasteiger partial charge in [-0.05, 0) is 48.0 Å². The molecule has 0 spiro atoms. The van der Waals surface area contributed by atoms with Crippen LogP contribution in [0.3, 0.4) is 0 Å². The summed E-state index contributed by atoms with van der Waals surface area (Å²) in [5.74, 6) is 0. The maximum absolute atomic E-state index is 4.92. The Morgan fingerprint density at radius 1 is 0.647 bits per heavy atom. The molecule has 0 radical (unpaired) electrons. The monoisotopic (exact) mass is 437 g/mol. The predicted molar refractivity (Wildman–Crippen MR) is 141 cm³/mol. The van der Waals surface area contributed by atoms with E-state index in [1.807, 2.05) is 42.6 Å². The van der Waals surface area contributed by atoms with Gasteiger partial charge in [-0.3, -0.25) is 0 Å². The second kappa shape index (κ2) is 8.72. The molecule has 0 aliphatic carbocycles. The van der Waals surface area contributed by atoms with E-state index >= 15 is 0 Å². The first-order valence-electron chi connectivity index (χ1n) is 11.4. The van der Waals surface area contributed by atoms with Gasteiger partial charge in [0.25, 0.3) is 0 Å². The van der Waals surface area contributed by atoms with E-state index in [4.69, 9.17) is 4.99 Å². The summed E-state index contributed by atoms with van der Waals surface area (Å²) < 4.78 is 2.34. The zero-order valence-electron chi connectivity index (χ0n) is 18.6. The van der Waals surface area contributed by atoms with Crippen molar-refractivity contribution in [3.05, 3.63) is 144 Å². The summed E-state index contributed by atoms with van der Waals surface area (Å²) >= 11 is 0. The van der Waals surface area contributed by atoms with Crippen LogP contribution < -0.4 is 5.49 Å². The maximum Gasteiger partial charge on any atom is 0.130 e. The number of H-pyrrole nitrogens is 1. The van der Waals surface area contributed by atoms with Crippen LogP contribution in [0.5, 0.6) is 0 Å². The lowest BCUT2D eigenvalue weighted by Crippen LogP contribution is -2.04. The van der Waals surface area contributed by atoms with Crippen LogP contribution in [0.25, 0.3) is 39.3 Å². The van der Waals surface area contributed by atoms with Crippen LogP contribution in [0.2, 0.25) is 0 Å². The highest BCUT2D eigenvalue weighted by molar-refractivity contribution is 6.09. The minimum atomic E-state index is 0.816. The highest BCUT2D eigenvalue weighted by atomic mass is 15.0. The lowest BCUT2D eigenvalue weighted by atomic mass is 10.1. The van der Waals surface area contributed by atoms with Crippen molar-refractivity contribution in [2.75, 3.05) is 0 Å². The van der Waals surface area contributed by atoms with Gasteiger partial charge in [-0.1, -0.05) is 84.9 Å². The maximum atomic E-state index is 4.92. The largest absolute Gasteiger partial charge is 0.347 e. The molecular weight excluding hydrogens is 414 g/mol. The number of aromatic nitrogens is 2. The summed E-state index contributed by atoms with van der Waals surface area (Å²) in [6.07, 6.45) is 4.04. The van der Waals surface area contributed by atoms with Gasteiger partial charge in [-0.2, -0.15) is 0 Å². The van der Waals surface area contributed by atoms with Crippen molar-refractivity contribution in [3.63, 3.8) is 0 Å². The number of pyridine rings is 1. The van der Waals surface area contributed by atoms with Crippen LogP contribution in [0.15, 0.2) is 133 Å². The minimum absolute atomic E-state index is 0.816. The van der Waals surface area contributed by atoms with Crippen LogP contribution in [-0.4, -0.2) is 9.55 Å². The third kappa shape index (κ3) is 3.74. The van der Waals surface area contributed by atoms with Crippen molar-refractivity contribution in [2.45, 2.75) is 0 Å². The summed E-state index contributed by atoms with van der Waals surface area (Å²) in [5, 5.41) is 2.53. The van der Waals surface area contributed by atoms with Crippen LogP contribution in [0.1, 0.15) is 11.1 Å². The number of nitrogens with zero attached hydrogens (tertiary/aromatic N) is 2. The van der Waals surface area contributed by atoms with E-state index in [1.165, 1.54) is 21.8 Å². The fourth-order valence-electron chi connectivity index (χ4n) is 4.48. The Morgan fingerprint density at radius 2 is 1.32 bits per heavy atom. The summed E-state index contributed by atoms with van der Waals surface area (Å²) in [6.45, 7) is 0. The summed E-state index contributed by atoms with van der Waals surface area (Å²) in [5.41, 5.74) is 7.43. The minimum Gasteiger partial charge on any atom is -0.347 e. The molecule has 0 atom stereocenters. The quantitative estimate of drug-likeness (QED) is 0.283. The van der Waals surface area contributed by atoms with E-state index in [-0.39, 0.29) is 0 Å². The van der Waals surface area contributed by atoms with Gasteiger partial charge >= 0.3 is 0 Å². The van der Waals surface area contributed by atoms with Gasteiger partial charge in [0.2, 0.25) is 0 Å². The molecule has 0 saturated heterocycles. The number of aromatic amines is 1. The molecule has 3 nitrogen and oxygen atoms in total. The third-order valence-electron chi connectivity index (χ3n) is 6.01. The Kier molecular flexibility index (Phi) is 5.13. The normalized spacial score (nSPS) is 12.5. The van der Waals surface area contributed by atoms with E-state index in [1.54, 1.807) is 0 Å². The molecule has 0 amide bonds. The fourth-order valence-corrected chi connectivity index (χ4v) is 4.48. The molecule has 0 bridgehead atoms. The number of hydrogen-bond acceptors (Lipinski definition) is 1. The smallest absolute Gasteiger partial charge is 0.130 e. The molecule has 0 fully saturated rings. The number of benzene rings is 4. The Hall–Kier alpha value is -4.63. The number of hydrogen-bond donors (Lipinski definition) is 1. The predicted octanol–water partition coefficient (Wildman–Crippen LogP) is 7.21. The Morgan fingerprint density at radius 3 is 2.03 bits per heavy atom. The molecular formula is C31H23N3. The van der Waals surface area contributed by atoms with Crippen molar-refractivity contribution >= 4 is 33.6 Å². The Bertz CT molecular complexity index is 1630. The van der Waals surface area contributed by atoms with Gasteiger partial charge in [-0.25, -0.2) is 4.99 Å². The second-order valence-electron chi connectivity index (χ2n) is 8.22. The molecule has 1 N–H and O–H groups in total. The SMILES string of the molecule is C(=C(\N=c1\cccc[nH]1)c1ccccc1)/c1cccc(-n2c3ccccc3c3ccccc32)c1. The number of fused-ring (bicyclic) bond motifs is 3. The third-order valence-corrected chi connectivity index (χ3v) is 6.01. The lowest BCUT2D eigenvalue weighted by molar-refractivity contribution is 1.15. The molecule has 34 heavy (non-hydrogen) atoms. The lowest BCUT2D eigenvalue weighted by Gasteiger charge is -2.09. The molecule has 6 aromatic rings. The first kappa shape index (κ1) is 20.0. The van der Waals surface area contributed by atoms with Gasteiger partial charge in [0.15, 0.2) is 0 Å². The van der Waals surface area contributed by atoms with Crippen molar-refractivity contribution in [2.24, 2.45) is 4.99 Å². The van der Waals surface area contributed by atoms with Crippen LogP contribution in [0.4, 0.5) is 0 Å². The molecule has 0 aliphatic heterocycles. The number of nitrogens with one attached hydrogen (secondary N) is 1. The first-order valence-corrected chi connectivity index (χ1v) is 11.4. The van der Waals surface area contributed by atoms with E-state index < -0.39 is 0 Å². The van der Waals surface area contributed by atoms with Crippen molar-refractivity contribution < 1.29 is 0 Å². The second-order valence-corrected chi connectivity index (χ2v) is 8.22. The van der Waals surface area contributed by atoms with E-state index in [2.05, 4.69) is 101 Å². The molecule has 0 saturated carbocycles. The summed E-state index contributed by atoms with van der Waals surface area (Å²) in [7, 11) is 0. The molecule has 0 unspecified atom stereocenters.